The van der Waals surface area contributed by atoms with E-state index in [1.165, 1.54) is 0 Å². The van der Waals surface area contributed by atoms with Crippen molar-refractivity contribution in [1.82, 2.24) is 20.2 Å². The third kappa shape index (κ3) is 3.00. The van der Waals surface area contributed by atoms with Crippen molar-refractivity contribution in [3.05, 3.63) is 59.9 Å². The van der Waals surface area contributed by atoms with E-state index in [9.17, 15) is 5.11 Å². The predicted octanol–water partition coefficient (Wildman–Crippen LogP) is 2.29. The highest BCUT2D eigenvalue weighted by molar-refractivity contribution is 5.54. The molecule has 21 heavy (non-hydrogen) atoms. The molecular formula is C15H15N5O. The van der Waals surface area contributed by atoms with Gasteiger partial charge in [0, 0.05) is 12.2 Å². The molecule has 0 saturated heterocycles. The lowest BCUT2D eigenvalue weighted by Crippen LogP contribution is -2.03. The maximum atomic E-state index is 9.46. The van der Waals surface area contributed by atoms with Crippen molar-refractivity contribution >= 4 is 5.69 Å². The van der Waals surface area contributed by atoms with Gasteiger partial charge in [-0.15, -0.1) is 5.10 Å². The number of aryl methyl sites for hydroxylation is 1. The third-order valence-corrected chi connectivity index (χ3v) is 3.21. The number of phenols is 1. The molecule has 0 aliphatic rings. The Morgan fingerprint density at radius 1 is 1.19 bits per heavy atom. The van der Waals surface area contributed by atoms with Crippen LogP contribution in [0.5, 0.6) is 5.75 Å². The largest absolute Gasteiger partial charge is 0.508 e. The number of nitrogens with zero attached hydrogens (tertiary/aromatic N) is 4. The summed E-state index contributed by atoms with van der Waals surface area (Å²) in [6.45, 7) is 2.64. The Balaban J connectivity index is 1.79. The highest BCUT2D eigenvalue weighted by Crippen LogP contribution is 2.19. The number of anilines is 1. The molecule has 0 amide bonds. The Kier molecular flexibility index (Phi) is 3.51. The predicted molar refractivity (Wildman–Crippen MR) is 79.3 cm³/mol. The van der Waals surface area contributed by atoms with Crippen molar-refractivity contribution in [2.75, 3.05) is 5.32 Å². The van der Waals surface area contributed by atoms with Gasteiger partial charge in [0.25, 0.3) is 0 Å². The molecule has 3 aromatic rings. The second-order valence-corrected chi connectivity index (χ2v) is 4.78. The molecule has 0 aliphatic carbocycles. The van der Waals surface area contributed by atoms with Gasteiger partial charge in [0.2, 0.25) is 0 Å². The fourth-order valence-corrected chi connectivity index (χ4v) is 2.11. The number of tetrazole rings is 1. The van der Waals surface area contributed by atoms with Crippen LogP contribution < -0.4 is 5.32 Å². The second-order valence-electron chi connectivity index (χ2n) is 4.78. The quantitative estimate of drug-likeness (QED) is 0.767. The minimum atomic E-state index is 0.271. The number of hydrogen-bond acceptors (Lipinski definition) is 5. The van der Waals surface area contributed by atoms with E-state index in [1.807, 2.05) is 37.3 Å². The van der Waals surface area contributed by atoms with Crippen molar-refractivity contribution in [1.29, 1.82) is 0 Å². The lowest BCUT2D eigenvalue weighted by molar-refractivity contribution is 0.474. The van der Waals surface area contributed by atoms with Crippen LogP contribution in [-0.2, 0) is 6.54 Å². The number of rotatable bonds is 4. The fraction of sp³-hybridized carbons (Fsp3) is 0.133. The Morgan fingerprint density at radius 2 is 2.10 bits per heavy atom. The molecule has 2 N–H and O–H groups in total. The molecule has 0 spiro atoms. The first kappa shape index (κ1) is 13.1. The molecular weight excluding hydrogens is 266 g/mol. The molecule has 0 bridgehead atoms. The highest BCUT2D eigenvalue weighted by Gasteiger charge is 2.04. The fourth-order valence-electron chi connectivity index (χ4n) is 2.11. The molecule has 0 fully saturated rings. The average molecular weight is 281 g/mol. The molecule has 0 saturated carbocycles. The van der Waals surface area contributed by atoms with Gasteiger partial charge in [0.15, 0.2) is 0 Å². The highest BCUT2D eigenvalue weighted by atomic mass is 16.3. The minimum absolute atomic E-state index is 0.271. The molecule has 0 radical (unpaired) electrons. The maximum absolute atomic E-state index is 9.46. The lowest BCUT2D eigenvalue weighted by atomic mass is 10.1. The van der Waals surface area contributed by atoms with Gasteiger partial charge in [-0.25, -0.2) is 4.68 Å². The first-order chi connectivity index (χ1) is 10.2. The number of aromatic hydroxyl groups is 1. The van der Waals surface area contributed by atoms with Gasteiger partial charge in [0.05, 0.1) is 5.69 Å². The molecule has 0 atom stereocenters. The van der Waals surface area contributed by atoms with Gasteiger partial charge in [-0.3, -0.25) is 0 Å². The molecule has 1 aromatic heterocycles. The Labute approximate surface area is 122 Å². The van der Waals surface area contributed by atoms with Gasteiger partial charge < -0.3 is 10.4 Å². The normalized spacial score (nSPS) is 10.5. The van der Waals surface area contributed by atoms with Crippen molar-refractivity contribution in [3.8, 4) is 11.4 Å². The van der Waals surface area contributed by atoms with E-state index in [0.29, 0.717) is 6.54 Å². The molecule has 106 valence electrons. The van der Waals surface area contributed by atoms with Crippen LogP contribution in [0.4, 0.5) is 5.69 Å². The molecule has 0 unspecified atom stereocenters. The summed E-state index contributed by atoms with van der Waals surface area (Å²) < 4.78 is 1.63. The zero-order chi connectivity index (χ0) is 14.7. The van der Waals surface area contributed by atoms with E-state index >= 15 is 0 Å². The first-order valence-corrected chi connectivity index (χ1v) is 6.58. The summed E-state index contributed by atoms with van der Waals surface area (Å²) >= 11 is 0. The van der Waals surface area contributed by atoms with Crippen LogP contribution in [-0.4, -0.2) is 25.3 Å². The van der Waals surface area contributed by atoms with Crippen LogP contribution in [0.3, 0.4) is 0 Å². The summed E-state index contributed by atoms with van der Waals surface area (Å²) in [4.78, 5) is 0. The molecule has 0 aliphatic heterocycles. The number of aromatic nitrogens is 4. The summed E-state index contributed by atoms with van der Waals surface area (Å²) in [6.07, 6.45) is 1.57. The number of benzene rings is 2. The van der Waals surface area contributed by atoms with Crippen LogP contribution in [0, 0.1) is 6.92 Å². The van der Waals surface area contributed by atoms with Crippen LogP contribution in [0.25, 0.3) is 5.69 Å². The van der Waals surface area contributed by atoms with Crippen molar-refractivity contribution < 1.29 is 5.11 Å². The summed E-state index contributed by atoms with van der Waals surface area (Å²) in [5.41, 5.74) is 4.00. The van der Waals surface area contributed by atoms with Crippen molar-refractivity contribution in [3.63, 3.8) is 0 Å². The molecule has 2 aromatic carbocycles. The van der Waals surface area contributed by atoms with E-state index in [2.05, 4.69) is 20.8 Å². The summed E-state index contributed by atoms with van der Waals surface area (Å²) in [5, 5.41) is 24.0. The topological polar surface area (TPSA) is 75.9 Å². The molecule has 6 heteroatoms. The van der Waals surface area contributed by atoms with Crippen LogP contribution >= 0.6 is 0 Å². The number of hydrogen-bond donors (Lipinski definition) is 2. The van der Waals surface area contributed by atoms with E-state index in [4.69, 9.17) is 0 Å². The maximum Gasteiger partial charge on any atom is 0.143 e. The zero-order valence-corrected chi connectivity index (χ0v) is 11.6. The lowest BCUT2D eigenvalue weighted by Gasteiger charge is -2.10. The molecule has 3 rings (SSSR count). The van der Waals surface area contributed by atoms with Crippen LogP contribution in [0.1, 0.15) is 11.1 Å². The Hall–Kier alpha value is -2.89. The Bertz CT molecular complexity index is 740. The smallest absolute Gasteiger partial charge is 0.143 e. The molecule has 1 heterocycles. The van der Waals surface area contributed by atoms with Crippen LogP contribution in [0.15, 0.2) is 48.8 Å². The van der Waals surface area contributed by atoms with Crippen molar-refractivity contribution in [2.24, 2.45) is 0 Å². The third-order valence-electron chi connectivity index (χ3n) is 3.21. The second kappa shape index (κ2) is 5.62. The summed E-state index contributed by atoms with van der Waals surface area (Å²) in [6, 6.07) is 13.2. The number of nitrogens with one attached hydrogen (secondary N) is 1. The van der Waals surface area contributed by atoms with E-state index < -0.39 is 0 Å². The van der Waals surface area contributed by atoms with Gasteiger partial charge >= 0.3 is 0 Å². The van der Waals surface area contributed by atoms with E-state index in [-0.39, 0.29) is 5.75 Å². The first-order valence-electron chi connectivity index (χ1n) is 6.58. The summed E-state index contributed by atoms with van der Waals surface area (Å²) in [5.74, 6) is 0.271. The summed E-state index contributed by atoms with van der Waals surface area (Å²) in [7, 11) is 0. The SMILES string of the molecule is Cc1ccc(NCc2cccc(O)c2)cc1-n1cnnn1. The van der Waals surface area contributed by atoms with Gasteiger partial charge in [0.1, 0.15) is 12.1 Å². The van der Waals surface area contributed by atoms with E-state index in [1.54, 1.807) is 23.1 Å². The van der Waals surface area contributed by atoms with E-state index in [0.717, 1.165) is 22.5 Å². The molecule has 6 nitrogen and oxygen atoms in total. The zero-order valence-electron chi connectivity index (χ0n) is 11.6. The minimum Gasteiger partial charge on any atom is -0.508 e. The standard InChI is InChI=1S/C15H15N5O/c1-11-5-6-13(8-15(11)20-10-17-18-19-20)16-9-12-3-2-4-14(21)7-12/h2-8,10,16,21H,9H2,1H3. The Morgan fingerprint density at radius 3 is 2.86 bits per heavy atom. The van der Waals surface area contributed by atoms with Crippen LogP contribution in [0.2, 0.25) is 0 Å². The monoisotopic (exact) mass is 281 g/mol. The van der Waals surface area contributed by atoms with Crippen molar-refractivity contribution in [2.45, 2.75) is 13.5 Å². The van der Waals surface area contributed by atoms with Gasteiger partial charge in [-0.1, -0.05) is 18.2 Å². The van der Waals surface area contributed by atoms with Gasteiger partial charge in [-0.05, 0) is 52.7 Å². The average Bonchev–Trinajstić information content (AvgIpc) is 3.00. The van der Waals surface area contributed by atoms with Gasteiger partial charge in [-0.2, -0.15) is 0 Å². The number of phenolic OH excluding ortho intramolecular Hbond substituents is 1.